The molecular weight excluding hydrogens is 376 g/mol. The summed E-state index contributed by atoms with van der Waals surface area (Å²) in [5.41, 5.74) is 2.06. The number of hydrogen-bond acceptors (Lipinski definition) is 4. The van der Waals surface area contributed by atoms with Crippen molar-refractivity contribution < 1.29 is 19.1 Å². The second kappa shape index (κ2) is 7.46. The highest BCUT2D eigenvalue weighted by atomic mass is 16.5. The Bertz CT molecular complexity index is 836. The number of ketones is 2. The number of Topliss-reactive ketones (excluding diaryl/α,β-unsaturated/α-hetero) is 1. The van der Waals surface area contributed by atoms with Crippen molar-refractivity contribution in [1.82, 2.24) is 0 Å². The summed E-state index contributed by atoms with van der Waals surface area (Å²) < 4.78 is 5.81. The number of carbonyl (C=O) groups is 3. The van der Waals surface area contributed by atoms with E-state index in [4.69, 9.17) is 4.74 Å². The van der Waals surface area contributed by atoms with E-state index in [1.807, 2.05) is 26.0 Å². The van der Waals surface area contributed by atoms with Crippen LogP contribution in [0.1, 0.15) is 79.6 Å². The second-order valence-electron chi connectivity index (χ2n) is 10.6. The van der Waals surface area contributed by atoms with Gasteiger partial charge in [-0.15, -0.1) is 0 Å². The molecule has 4 aliphatic rings. The van der Waals surface area contributed by atoms with Gasteiger partial charge in [0.15, 0.2) is 5.78 Å². The molecule has 0 saturated heterocycles. The first-order valence-electron chi connectivity index (χ1n) is 11.8. The van der Waals surface area contributed by atoms with Gasteiger partial charge < -0.3 is 4.74 Å². The number of allylic oxidation sites excluding steroid dienone is 4. The quantitative estimate of drug-likeness (QED) is 0.595. The van der Waals surface area contributed by atoms with Crippen LogP contribution in [0.5, 0.6) is 0 Å². The normalized spacial score (nSPS) is 41.2. The smallest absolute Gasteiger partial charge is 0.306 e. The van der Waals surface area contributed by atoms with Gasteiger partial charge in [0, 0.05) is 29.6 Å². The van der Waals surface area contributed by atoms with E-state index in [0.717, 1.165) is 32.1 Å². The third kappa shape index (κ3) is 3.05. The molecule has 0 amide bonds. The van der Waals surface area contributed by atoms with Gasteiger partial charge in [0.05, 0.1) is 0 Å². The highest BCUT2D eigenvalue weighted by Gasteiger charge is 2.63. The monoisotopic (exact) mass is 412 g/mol. The van der Waals surface area contributed by atoms with Crippen molar-refractivity contribution in [1.29, 1.82) is 0 Å². The van der Waals surface area contributed by atoms with Gasteiger partial charge >= 0.3 is 5.97 Å². The average Bonchev–Trinajstić information content (AvgIpc) is 2.94. The molecule has 30 heavy (non-hydrogen) atoms. The maximum absolute atomic E-state index is 13.2. The van der Waals surface area contributed by atoms with E-state index in [2.05, 4.69) is 20.8 Å². The molecule has 0 aliphatic heterocycles. The largest absolute Gasteiger partial charge is 0.462 e. The summed E-state index contributed by atoms with van der Waals surface area (Å²) in [6.07, 6.45) is 9.04. The van der Waals surface area contributed by atoms with Crippen LogP contribution in [0.2, 0.25) is 0 Å². The van der Waals surface area contributed by atoms with Crippen LogP contribution in [-0.4, -0.2) is 23.6 Å². The van der Waals surface area contributed by atoms with E-state index < -0.39 is 0 Å². The van der Waals surface area contributed by atoms with Crippen LogP contribution >= 0.6 is 0 Å². The summed E-state index contributed by atoms with van der Waals surface area (Å²) in [6, 6.07) is 0. The van der Waals surface area contributed by atoms with Gasteiger partial charge in [-0.25, -0.2) is 0 Å². The third-order valence-corrected chi connectivity index (χ3v) is 9.23. The van der Waals surface area contributed by atoms with E-state index in [1.165, 1.54) is 11.1 Å². The average molecular weight is 413 g/mol. The molecular formula is C26H36O4. The topological polar surface area (TPSA) is 60.4 Å². The lowest BCUT2D eigenvalue weighted by Crippen LogP contribution is -2.52. The zero-order valence-corrected chi connectivity index (χ0v) is 19.1. The Kier molecular flexibility index (Phi) is 5.35. The summed E-state index contributed by atoms with van der Waals surface area (Å²) >= 11 is 0. The van der Waals surface area contributed by atoms with Crippen molar-refractivity contribution in [3.05, 3.63) is 23.3 Å². The molecule has 164 valence electrons. The number of hydrogen-bond donors (Lipinski definition) is 0. The Balaban J connectivity index is 1.67. The lowest BCUT2D eigenvalue weighted by molar-refractivity contribution is -0.154. The SMILES string of the molecule is CCCC(=O)O[C@@H](C)[C@@H]1CC(=O)[C@@]2(C)CC[C@H]3[C@@H](CCC4=CC(=O)C=C(C)[C@@]43C)[C@H]12. The Morgan fingerprint density at radius 1 is 1.23 bits per heavy atom. The van der Waals surface area contributed by atoms with Crippen LogP contribution in [0.25, 0.3) is 0 Å². The molecule has 4 nitrogen and oxygen atoms in total. The third-order valence-electron chi connectivity index (χ3n) is 9.23. The predicted molar refractivity (Wildman–Crippen MR) is 116 cm³/mol. The van der Waals surface area contributed by atoms with Crippen LogP contribution in [0.3, 0.4) is 0 Å². The summed E-state index contributed by atoms with van der Waals surface area (Å²) in [7, 11) is 0. The molecule has 0 aromatic rings. The number of esters is 1. The Hall–Kier alpha value is -1.71. The van der Waals surface area contributed by atoms with Crippen molar-refractivity contribution in [3.63, 3.8) is 0 Å². The van der Waals surface area contributed by atoms with Crippen LogP contribution in [0.15, 0.2) is 23.3 Å². The zero-order valence-electron chi connectivity index (χ0n) is 19.1. The number of carbonyl (C=O) groups excluding carboxylic acids is 3. The number of fused-ring (bicyclic) bond motifs is 5. The van der Waals surface area contributed by atoms with Gasteiger partial charge in [-0.3, -0.25) is 14.4 Å². The molecule has 3 saturated carbocycles. The van der Waals surface area contributed by atoms with Crippen molar-refractivity contribution in [2.45, 2.75) is 85.7 Å². The maximum Gasteiger partial charge on any atom is 0.306 e. The van der Waals surface area contributed by atoms with E-state index in [-0.39, 0.29) is 40.5 Å². The first-order chi connectivity index (χ1) is 14.1. The molecule has 4 aliphatic carbocycles. The van der Waals surface area contributed by atoms with Gasteiger partial charge in [0.1, 0.15) is 11.9 Å². The molecule has 0 unspecified atom stereocenters. The molecule has 0 N–H and O–H groups in total. The van der Waals surface area contributed by atoms with E-state index >= 15 is 0 Å². The molecule has 0 aromatic heterocycles. The molecule has 4 heteroatoms. The second-order valence-corrected chi connectivity index (χ2v) is 10.6. The Morgan fingerprint density at radius 3 is 2.67 bits per heavy atom. The summed E-state index contributed by atoms with van der Waals surface area (Å²) in [6.45, 7) is 10.5. The minimum Gasteiger partial charge on any atom is -0.462 e. The Morgan fingerprint density at radius 2 is 1.97 bits per heavy atom. The van der Waals surface area contributed by atoms with Gasteiger partial charge in [-0.1, -0.05) is 31.9 Å². The van der Waals surface area contributed by atoms with Gasteiger partial charge in [0.25, 0.3) is 0 Å². The van der Waals surface area contributed by atoms with E-state index in [9.17, 15) is 14.4 Å². The fourth-order valence-corrected chi connectivity index (χ4v) is 7.53. The molecule has 0 heterocycles. The number of rotatable bonds is 4. The first kappa shape index (κ1) is 21.5. The first-order valence-corrected chi connectivity index (χ1v) is 11.8. The minimum atomic E-state index is -0.309. The lowest BCUT2D eigenvalue weighted by Gasteiger charge is -2.58. The predicted octanol–water partition coefficient (Wildman–Crippen LogP) is 5.21. The van der Waals surface area contributed by atoms with Gasteiger partial charge in [-0.05, 0) is 75.9 Å². The highest BCUT2D eigenvalue weighted by Crippen LogP contribution is 2.66. The molecule has 0 aromatic carbocycles. The lowest BCUT2D eigenvalue weighted by atomic mass is 9.46. The zero-order chi connectivity index (χ0) is 21.8. The van der Waals surface area contributed by atoms with E-state index in [1.54, 1.807) is 0 Å². The number of ether oxygens (including phenoxy) is 1. The van der Waals surface area contributed by atoms with Gasteiger partial charge in [-0.2, -0.15) is 0 Å². The van der Waals surface area contributed by atoms with Crippen molar-refractivity contribution in [2.75, 3.05) is 0 Å². The molecule has 0 spiro atoms. The molecule has 3 fully saturated rings. The summed E-state index contributed by atoms with van der Waals surface area (Å²) in [5.74, 6) is 1.52. The highest BCUT2D eigenvalue weighted by molar-refractivity contribution is 6.02. The molecule has 0 radical (unpaired) electrons. The minimum absolute atomic E-state index is 0.0868. The molecule has 4 rings (SSSR count). The van der Waals surface area contributed by atoms with Crippen molar-refractivity contribution in [3.8, 4) is 0 Å². The van der Waals surface area contributed by atoms with Gasteiger partial charge in [0.2, 0.25) is 0 Å². The summed E-state index contributed by atoms with van der Waals surface area (Å²) in [5, 5.41) is 0. The van der Waals surface area contributed by atoms with Crippen LogP contribution in [0.4, 0.5) is 0 Å². The molecule has 7 atom stereocenters. The van der Waals surface area contributed by atoms with Crippen molar-refractivity contribution in [2.24, 2.45) is 34.5 Å². The standard InChI is InChI=1S/C26H36O4/c1-6-7-23(29)30-16(3)20-14-22(28)25(4)11-10-21-19(24(20)25)9-8-17-13-18(27)12-15(2)26(17,21)5/h12-13,16,19-21,24H,6-11,14H2,1-5H3/t16-,19+,20-,21-,24+,25+,26-/m0/s1. The van der Waals surface area contributed by atoms with Crippen LogP contribution in [-0.2, 0) is 19.1 Å². The van der Waals surface area contributed by atoms with E-state index in [0.29, 0.717) is 30.5 Å². The van der Waals surface area contributed by atoms with Crippen LogP contribution < -0.4 is 0 Å². The Labute approximate surface area is 180 Å². The maximum atomic E-state index is 13.2. The summed E-state index contributed by atoms with van der Waals surface area (Å²) in [4.78, 5) is 37.5. The van der Waals surface area contributed by atoms with Crippen molar-refractivity contribution >= 4 is 17.5 Å². The molecule has 0 bridgehead atoms. The van der Waals surface area contributed by atoms with Crippen LogP contribution in [0, 0.1) is 34.5 Å². The fourth-order valence-electron chi connectivity index (χ4n) is 7.53. The fraction of sp³-hybridized carbons (Fsp3) is 0.731.